The zero-order valence-electron chi connectivity index (χ0n) is 24.0. The van der Waals surface area contributed by atoms with Crippen LogP contribution >= 0.6 is 0 Å². The summed E-state index contributed by atoms with van der Waals surface area (Å²) >= 11 is 0. The van der Waals surface area contributed by atoms with E-state index in [1.54, 1.807) is 37.3 Å². The molecule has 1 atom stereocenters. The Morgan fingerprint density at radius 3 is 2.07 bits per heavy atom. The van der Waals surface area contributed by atoms with E-state index in [0.29, 0.717) is 12.1 Å². The Morgan fingerprint density at radius 1 is 0.854 bits per heavy atom. The molecule has 0 spiro atoms. The fraction of sp³-hybridized carbons (Fsp3) is 0.394. The van der Waals surface area contributed by atoms with Gasteiger partial charge in [0.1, 0.15) is 12.6 Å². The molecule has 1 saturated carbocycles. The first-order valence-electron chi connectivity index (χ1n) is 14.6. The molecule has 3 aromatic carbocycles. The number of anilines is 1. The number of carbonyl (C=O) groups is 2. The van der Waals surface area contributed by atoms with Crippen molar-refractivity contribution in [3.63, 3.8) is 0 Å². The van der Waals surface area contributed by atoms with Crippen molar-refractivity contribution in [3.8, 4) is 0 Å². The van der Waals surface area contributed by atoms with Gasteiger partial charge in [0.25, 0.3) is 10.0 Å². The van der Waals surface area contributed by atoms with Crippen LogP contribution in [0.4, 0.5) is 5.69 Å². The van der Waals surface area contributed by atoms with Crippen molar-refractivity contribution in [1.82, 2.24) is 10.2 Å². The third-order valence-electron chi connectivity index (χ3n) is 7.85. The Morgan fingerprint density at radius 2 is 1.46 bits per heavy atom. The van der Waals surface area contributed by atoms with Crippen molar-refractivity contribution in [2.24, 2.45) is 0 Å². The lowest BCUT2D eigenvalue weighted by Gasteiger charge is -2.33. The molecule has 41 heavy (non-hydrogen) atoms. The second-order valence-electron chi connectivity index (χ2n) is 10.7. The van der Waals surface area contributed by atoms with Crippen molar-refractivity contribution in [1.29, 1.82) is 0 Å². The summed E-state index contributed by atoms with van der Waals surface area (Å²) in [7, 11) is -4.05. The van der Waals surface area contributed by atoms with E-state index in [4.69, 9.17) is 0 Å². The van der Waals surface area contributed by atoms with Crippen LogP contribution in [0, 0.1) is 0 Å². The van der Waals surface area contributed by atoms with E-state index in [2.05, 4.69) is 5.32 Å². The van der Waals surface area contributed by atoms with Crippen LogP contribution in [0.1, 0.15) is 57.1 Å². The summed E-state index contributed by atoms with van der Waals surface area (Å²) in [6.07, 6.45) is 6.57. The number of rotatable bonds is 12. The maximum absolute atomic E-state index is 14.0. The smallest absolute Gasteiger partial charge is 0.264 e. The van der Waals surface area contributed by atoms with Crippen LogP contribution in [0.5, 0.6) is 0 Å². The predicted octanol–water partition coefficient (Wildman–Crippen LogP) is 5.35. The molecular formula is C33H41N3O4S. The molecule has 0 heterocycles. The fourth-order valence-corrected chi connectivity index (χ4v) is 6.72. The Hall–Kier alpha value is -3.65. The topological polar surface area (TPSA) is 86.8 Å². The number of benzene rings is 3. The molecule has 2 amide bonds. The Bertz CT molecular complexity index is 1370. The molecule has 0 aromatic heterocycles. The van der Waals surface area contributed by atoms with Crippen LogP contribution in [-0.4, -0.2) is 50.3 Å². The molecule has 0 bridgehead atoms. The summed E-state index contributed by atoms with van der Waals surface area (Å²) in [4.78, 5) is 29.0. The maximum atomic E-state index is 14.0. The number of nitrogens with one attached hydrogen (secondary N) is 1. The van der Waals surface area contributed by atoms with Crippen molar-refractivity contribution in [3.05, 3.63) is 96.1 Å². The van der Waals surface area contributed by atoms with Crippen LogP contribution in [-0.2, 0) is 32.5 Å². The molecule has 0 aliphatic heterocycles. The number of carbonyl (C=O) groups excluding carboxylic acids is 2. The maximum Gasteiger partial charge on any atom is 0.264 e. The highest BCUT2D eigenvalue weighted by molar-refractivity contribution is 7.92. The second kappa shape index (κ2) is 14.3. The normalized spacial score (nSPS) is 14.7. The molecule has 0 radical (unpaired) electrons. The minimum absolute atomic E-state index is 0.103. The highest BCUT2D eigenvalue weighted by Crippen LogP contribution is 2.25. The van der Waals surface area contributed by atoms with Gasteiger partial charge in [-0.15, -0.1) is 0 Å². The molecule has 1 aliphatic rings. The first-order valence-corrected chi connectivity index (χ1v) is 16.0. The van der Waals surface area contributed by atoms with E-state index in [9.17, 15) is 18.0 Å². The summed E-state index contributed by atoms with van der Waals surface area (Å²) in [5.74, 6) is -0.630. The number of hydrogen-bond acceptors (Lipinski definition) is 4. The van der Waals surface area contributed by atoms with Crippen LogP contribution in [0.2, 0.25) is 0 Å². The van der Waals surface area contributed by atoms with Gasteiger partial charge in [-0.25, -0.2) is 8.42 Å². The molecule has 0 unspecified atom stereocenters. The van der Waals surface area contributed by atoms with Crippen molar-refractivity contribution < 1.29 is 18.0 Å². The largest absolute Gasteiger partial charge is 0.352 e. The van der Waals surface area contributed by atoms with Gasteiger partial charge in [-0.05, 0) is 68.0 Å². The number of nitrogens with zero attached hydrogens (tertiary/aromatic N) is 2. The minimum atomic E-state index is -4.05. The standard InChI is InChI=1S/C33H41N3O4S/c1-3-27-19-21-30(22-20-27)36(41(39,40)31-17-11-6-12-18-31)25-32(37)35(24-23-28-13-7-4-8-14-28)26(2)33(38)34-29-15-9-5-10-16-29/h4,6-8,11-14,17-22,26,29H,3,5,9-10,15-16,23-25H2,1-2H3,(H,34,38)/t26-/m0/s1. The van der Waals surface area contributed by atoms with Crippen LogP contribution < -0.4 is 9.62 Å². The lowest BCUT2D eigenvalue weighted by Crippen LogP contribution is -2.53. The van der Waals surface area contributed by atoms with Gasteiger partial charge in [-0.2, -0.15) is 0 Å². The SMILES string of the molecule is CCc1ccc(N(CC(=O)N(CCc2ccccc2)[C@@H](C)C(=O)NC2CCCCC2)S(=O)(=O)c2ccccc2)cc1. The Balaban J connectivity index is 1.62. The van der Waals surface area contributed by atoms with Crippen LogP contribution in [0.15, 0.2) is 89.8 Å². The molecule has 0 saturated heterocycles. The van der Waals surface area contributed by atoms with Gasteiger partial charge < -0.3 is 10.2 Å². The van der Waals surface area contributed by atoms with E-state index in [1.807, 2.05) is 49.4 Å². The average Bonchev–Trinajstić information content (AvgIpc) is 3.01. The van der Waals surface area contributed by atoms with Gasteiger partial charge in [-0.3, -0.25) is 13.9 Å². The summed E-state index contributed by atoms with van der Waals surface area (Å²) < 4.78 is 28.9. The van der Waals surface area contributed by atoms with Crippen molar-refractivity contribution in [2.75, 3.05) is 17.4 Å². The molecule has 3 aromatic rings. The highest BCUT2D eigenvalue weighted by atomic mass is 32.2. The van der Waals surface area contributed by atoms with Gasteiger partial charge in [0.2, 0.25) is 11.8 Å². The summed E-state index contributed by atoms with van der Waals surface area (Å²) in [5.41, 5.74) is 2.51. The molecule has 4 rings (SSSR count). The van der Waals surface area contributed by atoms with Crippen molar-refractivity contribution >= 4 is 27.5 Å². The van der Waals surface area contributed by atoms with E-state index in [-0.39, 0.29) is 23.4 Å². The van der Waals surface area contributed by atoms with E-state index < -0.39 is 28.5 Å². The van der Waals surface area contributed by atoms with Gasteiger partial charge in [0.15, 0.2) is 0 Å². The monoisotopic (exact) mass is 575 g/mol. The quantitative estimate of drug-likeness (QED) is 0.315. The predicted molar refractivity (Wildman–Crippen MR) is 163 cm³/mol. The van der Waals surface area contributed by atoms with Gasteiger partial charge in [0.05, 0.1) is 10.6 Å². The fourth-order valence-electron chi connectivity index (χ4n) is 5.29. The van der Waals surface area contributed by atoms with E-state index in [0.717, 1.165) is 47.5 Å². The molecular weight excluding hydrogens is 534 g/mol. The highest BCUT2D eigenvalue weighted by Gasteiger charge is 2.33. The number of sulfonamides is 1. The summed E-state index contributed by atoms with van der Waals surface area (Å²) in [5, 5.41) is 3.14. The molecule has 1 fully saturated rings. The lowest BCUT2D eigenvalue weighted by atomic mass is 9.95. The Labute approximate surface area is 244 Å². The second-order valence-corrected chi connectivity index (χ2v) is 12.5. The zero-order valence-corrected chi connectivity index (χ0v) is 24.9. The number of aryl methyl sites for hydroxylation is 1. The lowest BCUT2D eigenvalue weighted by molar-refractivity contribution is -0.139. The first kappa shape index (κ1) is 30.3. The third-order valence-corrected chi connectivity index (χ3v) is 9.63. The zero-order chi connectivity index (χ0) is 29.2. The summed E-state index contributed by atoms with van der Waals surface area (Å²) in [6, 6.07) is 24.5. The third kappa shape index (κ3) is 7.97. The molecule has 8 heteroatoms. The van der Waals surface area contributed by atoms with Gasteiger partial charge >= 0.3 is 0 Å². The van der Waals surface area contributed by atoms with Gasteiger partial charge in [-0.1, -0.05) is 86.8 Å². The van der Waals surface area contributed by atoms with E-state index >= 15 is 0 Å². The van der Waals surface area contributed by atoms with Gasteiger partial charge in [0, 0.05) is 12.6 Å². The first-order chi connectivity index (χ1) is 19.8. The van der Waals surface area contributed by atoms with Crippen LogP contribution in [0.3, 0.4) is 0 Å². The Kier molecular flexibility index (Phi) is 10.6. The average molecular weight is 576 g/mol. The number of amides is 2. The molecule has 7 nitrogen and oxygen atoms in total. The molecule has 1 N–H and O–H groups in total. The minimum Gasteiger partial charge on any atom is -0.352 e. The number of hydrogen-bond donors (Lipinski definition) is 1. The van der Waals surface area contributed by atoms with E-state index in [1.165, 1.54) is 23.5 Å². The summed E-state index contributed by atoms with van der Waals surface area (Å²) in [6.45, 7) is 3.63. The van der Waals surface area contributed by atoms with Crippen LogP contribution in [0.25, 0.3) is 0 Å². The molecule has 1 aliphatic carbocycles. The molecule has 218 valence electrons. The van der Waals surface area contributed by atoms with Crippen molar-refractivity contribution in [2.45, 2.75) is 75.8 Å².